The van der Waals surface area contributed by atoms with Crippen molar-refractivity contribution in [2.75, 3.05) is 13.6 Å². The van der Waals surface area contributed by atoms with Crippen molar-refractivity contribution in [2.45, 2.75) is 33.2 Å². The number of nitrogens with zero attached hydrogens (tertiary/aromatic N) is 2. The lowest BCUT2D eigenvalue weighted by Crippen LogP contribution is -2.26. The fourth-order valence-corrected chi connectivity index (χ4v) is 3.92. The number of Topliss-reactive ketones (excluding diaryl/α,β-unsaturated/α-hetero) is 1. The molecule has 0 aliphatic carbocycles. The average molecular weight is 392 g/mol. The maximum absolute atomic E-state index is 12.2. The minimum atomic E-state index is -0.207. The van der Waals surface area contributed by atoms with Crippen LogP contribution in [0.2, 0.25) is 0 Å². The zero-order valence-electron chi connectivity index (χ0n) is 16.8. The van der Waals surface area contributed by atoms with Gasteiger partial charge in [-0.1, -0.05) is 30.3 Å². The van der Waals surface area contributed by atoms with Crippen LogP contribution in [0.25, 0.3) is 22.5 Å². The highest BCUT2D eigenvalue weighted by Crippen LogP contribution is 2.42. The number of phenols is 2. The van der Waals surface area contributed by atoms with Crippen LogP contribution >= 0.6 is 0 Å². The maximum Gasteiger partial charge on any atom is 0.182 e. The Morgan fingerprint density at radius 3 is 2.69 bits per heavy atom. The number of aromatic hydroxyl groups is 2. The van der Waals surface area contributed by atoms with Crippen molar-refractivity contribution in [3.8, 4) is 33.9 Å². The van der Waals surface area contributed by atoms with Crippen molar-refractivity contribution in [1.29, 1.82) is 0 Å². The summed E-state index contributed by atoms with van der Waals surface area (Å²) < 4.78 is 5.56. The van der Waals surface area contributed by atoms with Crippen LogP contribution in [0, 0.1) is 0 Å². The summed E-state index contributed by atoms with van der Waals surface area (Å²) >= 11 is 0. The number of ketones is 1. The highest BCUT2D eigenvalue weighted by Gasteiger charge is 2.26. The lowest BCUT2D eigenvalue weighted by Gasteiger charge is -2.25. The average Bonchev–Trinajstić information content (AvgIpc) is 3.13. The molecule has 29 heavy (non-hydrogen) atoms. The Bertz CT molecular complexity index is 1100. The first-order valence-corrected chi connectivity index (χ1v) is 9.75. The zero-order chi connectivity index (χ0) is 20.7. The molecule has 6 nitrogen and oxygen atoms in total. The van der Waals surface area contributed by atoms with E-state index in [2.05, 4.69) is 29.2 Å². The van der Waals surface area contributed by atoms with Crippen LogP contribution in [-0.2, 0) is 19.4 Å². The molecule has 0 bridgehead atoms. The second kappa shape index (κ2) is 7.37. The number of hydrogen-bond acceptors (Lipinski definition) is 6. The molecule has 1 aliphatic heterocycles. The third-order valence-electron chi connectivity index (χ3n) is 5.55. The van der Waals surface area contributed by atoms with Gasteiger partial charge in [-0.2, -0.15) is 0 Å². The van der Waals surface area contributed by atoms with Gasteiger partial charge in [-0.05, 0) is 48.2 Å². The second-order valence-corrected chi connectivity index (χ2v) is 7.61. The topological polar surface area (TPSA) is 86.8 Å². The molecule has 0 atom stereocenters. The van der Waals surface area contributed by atoms with Crippen LogP contribution in [0.4, 0.5) is 0 Å². The lowest BCUT2D eigenvalue weighted by atomic mass is 9.91. The molecule has 0 unspecified atom stereocenters. The largest absolute Gasteiger partial charge is 0.508 e. The Morgan fingerprint density at radius 2 is 1.97 bits per heavy atom. The number of hydrogen-bond donors (Lipinski definition) is 2. The maximum atomic E-state index is 12.2. The van der Waals surface area contributed by atoms with Gasteiger partial charge in [-0.3, -0.25) is 4.79 Å². The molecule has 2 aromatic carbocycles. The number of carbonyl (C=O) groups excluding carboxylic acids is 1. The molecule has 0 saturated heterocycles. The van der Waals surface area contributed by atoms with E-state index in [0.717, 1.165) is 25.1 Å². The molecule has 1 aromatic heterocycles. The molecule has 150 valence electrons. The van der Waals surface area contributed by atoms with Gasteiger partial charge in [0, 0.05) is 26.1 Å². The quantitative estimate of drug-likeness (QED) is 0.648. The summed E-state index contributed by atoms with van der Waals surface area (Å²) in [5.74, 6) is 0.0306. The minimum Gasteiger partial charge on any atom is -0.508 e. The van der Waals surface area contributed by atoms with E-state index >= 15 is 0 Å². The van der Waals surface area contributed by atoms with Crippen molar-refractivity contribution in [3.05, 3.63) is 52.7 Å². The molecule has 0 radical (unpaired) electrons. The molecule has 0 spiro atoms. The standard InChI is InChI=1S/C23H24N2O4/c1-4-14-10-18(20(28)11-19(14)27)23-21(22(13(2)26)24-29-23)16-5-6-17-12-25(3)8-7-15(17)9-16/h5-6,9-11,27-28H,4,7-8,12H2,1-3H3. The lowest BCUT2D eigenvalue weighted by molar-refractivity contribution is 0.101. The molecule has 2 N–H and O–H groups in total. The molecule has 4 rings (SSSR count). The number of benzene rings is 2. The van der Waals surface area contributed by atoms with E-state index < -0.39 is 0 Å². The SMILES string of the molecule is CCc1cc(-c2onc(C(C)=O)c2-c2ccc3c(c2)CCN(C)C3)c(O)cc1O. The van der Waals surface area contributed by atoms with E-state index in [-0.39, 0.29) is 23.0 Å². The van der Waals surface area contributed by atoms with Gasteiger partial charge in [0.05, 0.1) is 11.1 Å². The Balaban J connectivity index is 1.91. The Morgan fingerprint density at radius 1 is 1.17 bits per heavy atom. The van der Waals surface area contributed by atoms with Gasteiger partial charge in [0.1, 0.15) is 11.5 Å². The van der Waals surface area contributed by atoms with Crippen LogP contribution in [0.1, 0.15) is 41.0 Å². The predicted octanol–water partition coefficient (Wildman–Crippen LogP) is 4.17. The van der Waals surface area contributed by atoms with Crippen LogP contribution in [0.15, 0.2) is 34.9 Å². The summed E-state index contributed by atoms with van der Waals surface area (Å²) in [7, 11) is 2.10. The van der Waals surface area contributed by atoms with Gasteiger partial charge >= 0.3 is 0 Å². The fourth-order valence-electron chi connectivity index (χ4n) is 3.92. The van der Waals surface area contributed by atoms with E-state index in [0.29, 0.717) is 28.9 Å². The van der Waals surface area contributed by atoms with Crippen molar-refractivity contribution in [3.63, 3.8) is 0 Å². The highest BCUT2D eigenvalue weighted by atomic mass is 16.5. The molecule has 2 heterocycles. The predicted molar refractivity (Wildman–Crippen MR) is 110 cm³/mol. The van der Waals surface area contributed by atoms with Gasteiger partial charge in [0.2, 0.25) is 0 Å². The Kier molecular flexibility index (Phi) is 4.88. The van der Waals surface area contributed by atoms with Gasteiger partial charge in [0.25, 0.3) is 0 Å². The molecule has 0 fully saturated rings. The summed E-state index contributed by atoms with van der Waals surface area (Å²) in [5, 5.41) is 24.5. The third-order valence-corrected chi connectivity index (χ3v) is 5.55. The summed E-state index contributed by atoms with van der Waals surface area (Å²) in [6.07, 6.45) is 1.52. The van der Waals surface area contributed by atoms with E-state index in [1.54, 1.807) is 6.07 Å². The first-order valence-electron chi connectivity index (χ1n) is 9.75. The highest BCUT2D eigenvalue weighted by molar-refractivity contribution is 6.02. The number of carbonyl (C=O) groups is 1. The number of likely N-dealkylation sites (N-methyl/N-ethyl adjacent to an activating group) is 1. The number of fused-ring (bicyclic) bond motifs is 1. The summed E-state index contributed by atoms with van der Waals surface area (Å²) in [5.41, 5.74) is 5.24. The Hall–Kier alpha value is -3.12. The number of phenolic OH excluding ortho intramolecular Hbond substituents is 2. The first-order chi connectivity index (χ1) is 13.9. The first kappa shape index (κ1) is 19.2. The Labute approximate surface area is 169 Å². The van der Waals surface area contributed by atoms with Crippen molar-refractivity contribution in [2.24, 2.45) is 0 Å². The number of rotatable bonds is 4. The summed E-state index contributed by atoms with van der Waals surface area (Å²) in [6, 6.07) is 9.12. The van der Waals surface area contributed by atoms with Gasteiger partial charge in [-0.15, -0.1) is 0 Å². The third kappa shape index (κ3) is 3.40. The van der Waals surface area contributed by atoms with Crippen molar-refractivity contribution >= 4 is 5.78 Å². The van der Waals surface area contributed by atoms with E-state index in [1.807, 2.05) is 13.0 Å². The van der Waals surface area contributed by atoms with E-state index in [1.165, 1.54) is 24.1 Å². The normalized spacial score (nSPS) is 14.0. The van der Waals surface area contributed by atoms with E-state index in [9.17, 15) is 15.0 Å². The molecule has 0 amide bonds. The van der Waals surface area contributed by atoms with Crippen LogP contribution in [-0.4, -0.2) is 39.6 Å². The minimum absolute atomic E-state index is 0.0273. The fraction of sp³-hybridized carbons (Fsp3) is 0.304. The molecule has 3 aromatic rings. The van der Waals surface area contributed by atoms with E-state index in [4.69, 9.17) is 4.52 Å². The monoisotopic (exact) mass is 392 g/mol. The van der Waals surface area contributed by atoms with Gasteiger partial charge in [0.15, 0.2) is 17.2 Å². The van der Waals surface area contributed by atoms with Gasteiger partial charge in [-0.25, -0.2) is 0 Å². The van der Waals surface area contributed by atoms with Crippen molar-refractivity contribution < 1.29 is 19.5 Å². The molecular formula is C23H24N2O4. The summed E-state index contributed by atoms with van der Waals surface area (Å²) in [4.78, 5) is 14.5. The van der Waals surface area contributed by atoms with Gasteiger partial charge < -0.3 is 19.6 Å². The molecule has 6 heteroatoms. The molecule has 1 aliphatic rings. The van der Waals surface area contributed by atoms with Crippen molar-refractivity contribution in [1.82, 2.24) is 10.1 Å². The van der Waals surface area contributed by atoms with Crippen LogP contribution in [0.3, 0.4) is 0 Å². The number of aryl methyl sites for hydroxylation is 1. The second-order valence-electron chi connectivity index (χ2n) is 7.61. The number of aromatic nitrogens is 1. The smallest absolute Gasteiger partial charge is 0.182 e. The van der Waals surface area contributed by atoms with Crippen LogP contribution < -0.4 is 0 Å². The molecular weight excluding hydrogens is 368 g/mol. The zero-order valence-corrected chi connectivity index (χ0v) is 16.8. The molecule has 0 saturated carbocycles. The summed E-state index contributed by atoms with van der Waals surface area (Å²) in [6.45, 7) is 5.24. The van der Waals surface area contributed by atoms with Crippen LogP contribution in [0.5, 0.6) is 11.5 Å².